The van der Waals surface area contributed by atoms with Crippen molar-refractivity contribution in [3.63, 3.8) is 0 Å². The van der Waals surface area contributed by atoms with Crippen molar-refractivity contribution < 1.29 is 9.53 Å². The molecule has 2 saturated heterocycles. The first-order chi connectivity index (χ1) is 8.25. The predicted octanol–water partition coefficient (Wildman–Crippen LogP) is 0.276. The van der Waals surface area contributed by atoms with Crippen molar-refractivity contribution in [1.29, 1.82) is 0 Å². The van der Waals surface area contributed by atoms with Crippen LogP contribution < -0.4 is 10.6 Å². The molecule has 2 rings (SSSR count). The molecule has 0 aliphatic carbocycles. The van der Waals surface area contributed by atoms with Gasteiger partial charge in [-0.25, -0.2) is 0 Å². The van der Waals surface area contributed by atoms with Crippen molar-refractivity contribution in [2.45, 2.75) is 18.9 Å². The zero-order chi connectivity index (χ0) is 12.1. The Bertz CT molecular complexity index is 255. The quantitative estimate of drug-likeness (QED) is 0.785. The van der Waals surface area contributed by atoms with E-state index in [1.54, 1.807) is 0 Å². The molecule has 0 spiro atoms. The molecule has 114 valence electrons. The van der Waals surface area contributed by atoms with Crippen LogP contribution in [0.1, 0.15) is 12.8 Å². The van der Waals surface area contributed by atoms with Gasteiger partial charge >= 0.3 is 0 Å². The van der Waals surface area contributed by atoms with Crippen LogP contribution >= 0.6 is 24.8 Å². The van der Waals surface area contributed by atoms with Gasteiger partial charge in [-0.05, 0) is 38.9 Å². The molecule has 2 aliphatic rings. The van der Waals surface area contributed by atoms with Crippen LogP contribution in [0.5, 0.6) is 0 Å². The maximum absolute atomic E-state index is 11.8. The number of likely N-dealkylation sites (tertiary alicyclic amines) is 1. The largest absolute Gasteiger partial charge is 0.366 e. The Labute approximate surface area is 127 Å². The second-order valence-corrected chi connectivity index (χ2v) is 5.06. The molecule has 7 heteroatoms. The monoisotopic (exact) mass is 313 g/mol. The van der Waals surface area contributed by atoms with E-state index in [1.165, 1.54) is 12.8 Å². The standard InChI is InChI=1S/C12H23N3O2.2ClH/c1-15-5-2-10(3-6-15)8-14-12(16)11-9-13-4-7-17-11;;/h10-11,13H,2-9H2,1H3,(H,14,16);2*1H. The van der Waals surface area contributed by atoms with Crippen LogP contribution in [0.2, 0.25) is 0 Å². The summed E-state index contributed by atoms with van der Waals surface area (Å²) < 4.78 is 5.41. The molecule has 2 fully saturated rings. The summed E-state index contributed by atoms with van der Waals surface area (Å²) in [5.41, 5.74) is 0. The molecule has 19 heavy (non-hydrogen) atoms. The van der Waals surface area contributed by atoms with E-state index in [0.29, 0.717) is 19.1 Å². The zero-order valence-corrected chi connectivity index (χ0v) is 13.0. The minimum Gasteiger partial charge on any atom is -0.366 e. The topological polar surface area (TPSA) is 53.6 Å². The lowest BCUT2D eigenvalue weighted by molar-refractivity contribution is -0.134. The van der Waals surface area contributed by atoms with Crippen LogP contribution in [0.4, 0.5) is 0 Å². The average molecular weight is 314 g/mol. The molecule has 1 atom stereocenters. The Kier molecular flexibility index (Phi) is 9.74. The van der Waals surface area contributed by atoms with E-state index < -0.39 is 0 Å². The number of hydrogen-bond donors (Lipinski definition) is 2. The number of carbonyl (C=O) groups is 1. The van der Waals surface area contributed by atoms with E-state index in [1.807, 2.05) is 0 Å². The van der Waals surface area contributed by atoms with Gasteiger partial charge in [0.05, 0.1) is 6.61 Å². The summed E-state index contributed by atoms with van der Waals surface area (Å²) in [5.74, 6) is 0.669. The highest BCUT2D eigenvalue weighted by molar-refractivity contribution is 5.85. The third kappa shape index (κ3) is 6.27. The molecule has 0 aromatic rings. The molecule has 2 heterocycles. The molecule has 1 unspecified atom stereocenters. The van der Waals surface area contributed by atoms with Crippen molar-refractivity contribution in [2.75, 3.05) is 46.4 Å². The van der Waals surface area contributed by atoms with Gasteiger partial charge in [0.1, 0.15) is 6.10 Å². The van der Waals surface area contributed by atoms with Gasteiger partial charge in [-0.1, -0.05) is 0 Å². The Balaban J connectivity index is 0.00000162. The number of rotatable bonds is 3. The lowest BCUT2D eigenvalue weighted by atomic mass is 9.97. The van der Waals surface area contributed by atoms with Gasteiger partial charge in [-0.3, -0.25) is 4.79 Å². The summed E-state index contributed by atoms with van der Waals surface area (Å²) in [6.45, 7) is 5.20. The predicted molar refractivity (Wildman–Crippen MR) is 80.3 cm³/mol. The summed E-state index contributed by atoms with van der Waals surface area (Å²) in [6.07, 6.45) is 2.07. The highest BCUT2D eigenvalue weighted by Crippen LogP contribution is 2.14. The fraction of sp³-hybridized carbons (Fsp3) is 0.917. The van der Waals surface area contributed by atoms with Crippen molar-refractivity contribution >= 4 is 30.7 Å². The Morgan fingerprint density at radius 3 is 2.63 bits per heavy atom. The molecule has 5 nitrogen and oxygen atoms in total. The molecule has 2 aliphatic heterocycles. The molecule has 0 aromatic heterocycles. The van der Waals surface area contributed by atoms with E-state index in [9.17, 15) is 4.79 Å². The van der Waals surface area contributed by atoms with E-state index in [-0.39, 0.29) is 36.8 Å². The number of piperidine rings is 1. The molecule has 2 N–H and O–H groups in total. The maximum Gasteiger partial charge on any atom is 0.250 e. The summed E-state index contributed by atoms with van der Waals surface area (Å²) in [6, 6.07) is 0. The number of nitrogens with one attached hydrogen (secondary N) is 2. The summed E-state index contributed by atoms with van der Waals surface area (Å²) in [4.78, 5) is 14.2. The highest BCUT2D eigenvalue weighted by atomic mass is 35.5. The van der Waals surface area contributed by atoms with Crippen LogP contribution in [0.25, 0.3) is 0 Å². The van der Waals surface area contributed by atoms with Gasteiger partial charge in [0.25, 0.3) is 0 Å². The van der Waals surface area contributed by atoms with Crippen LogP contribution in [-0.2, 0) is 9.53 Å². The molecule has 0 aromatic carbocycles. The van der Waals surface area contributed by atoms with Crippen LogP contribution in [0, 0.1) is 5.92 Å². The third-order valence-corrected chi connectivity index (χ3v) is 3.62. The molecule has 0 radical (unpaired) electrons. The highest BCUT2D eigenvalue weighted by Gasteiger charge is 2.23. The normalized spacial score (nSPS) is 25.0. The van der Waals surface area contributed by atoms with Gasteiger partial charge in [0, 0.05) is 19.6 Å². The smallest absolute Gasteiger partial charge is 0.250 e. The summed E-state index contributed by atoms with van der Waals surface area (Å²) in [7, 11) is 2.15. The SMILES string of the molecule is CN1CCC(CNC(=O)C2CNCCO2)CC1.Cl.Cl. The molecule has 1 amide bonds. The average Bonchev–Trinajstić information content (AvgIpc) is 2.39. The number of morpholine rings is 1. The Morgan fingerprint density at radius 1 is 1.37 bits per heavy atom. The van der Waals surface area contributed by atoms with Crippen LogP contribution in [-0.4, -0.2) is 63.3 Å². The minimum atomic E-state index is -0.296. The molecule has 0 bridgehead atoms. The van der Waals surface area contributed by atoms with E-state index in [4.69, 9.17) is 4.74 Å². The van der Waals surface area contributed by atoms with Crippen molar-refractivity contribution in [1.82, 2.24) is 15.5 Å². The second-order valence-electron chi connectivity index (χ2n) is 5.06. The third-order valence-electron chi connectivity index (χ3n) is 3.62. The fourth-order valence-electron chi connectivity index (χ4n) is 2.36. The maximum atomic E-state index is 11.8. The van der Waals surface area contributed by atoms with Crippen LogP contribution in [0.3, 0.4) is 0 Å². The summed E-state index contributed by atoms with van der Waals surface area (Å²) in [5, 5.41) is 6.18. The number of amides is 1. The minimum absolute atomic E-state index is 0. The number of halogens is 2. The lowest BCUT2D eigenvalue weighted by Gasteiger charge is -2.29. The van der Waals surface area contributed by atoms with E-state index >= 15 is 0 Å². The van der Waals surface area contributed by atoms with Crippen molar-refractivity contribution in [3.05, 3.63) is 0 Å². The number of hydrogen-bond acceptors (Lipinski definition) is 4. The second kappa shape index (κ2) is 9.77. The van der Waals surface area contributed by atoms with Crippen molar-refractivity contribution in [3.8, 4) is 0 Å². The first-order valence-electron chi connectivity index (χ1n) is 6.54. The van der Waals surface area contributed by atoms with E-state index in [2.05, 4.69) is 22.6 Å². The Morgan fingerprint density at radius 2 is 2.05 bits per heavy atom. The Hall–Kier alpha value is -0.0700. The number of ether oxygens (including phenoxy) is 1. The van der Waals surface area contributed by atoms with Gasteiger partial charge < -0.3 is 20.3 Å². The first kappa shape index (κ1) is 18.9. The molecule has 0 saturated carbocycles. The van der Waals surface area contributed by atoms with Gasteiger partial charge in [0.2, 0.25) is 5.91 Å². The van der Waals surface area contributed by atoms with Gasteiger partial charge in [0.15, 0.2) is 0 Å². The fourth-order valence-corrected chi connectivity index (χ4v) is 2.36. The van der Waals surface area contributed by atoms with E-state index in [0.717, 1.165) is 26.2 Å². The molecular weight excluding hydrogens is 289 g/mol. The zero-order valence-electron chi connectivity index (χ0n) is 11.4. The summed E-state index contributed by atoms with van der Waals surface area (Å²) >= 11 is 0. The number of carbonyl (C=O) groups excluding carboxylic acids is 1. The van der Waals surface area contributed by atoms with Gasteiger partial charge in [-0.2, -0.15) is 0 Å². The number of nitrogens with zero attached hydrogens (tertiary/aromatic N) is 1. The van der Waals surface area contributed by atoms with Gasteiger partial charge in [-0.15, -0.1) is 24.8 Å². The molecular formula is C12H25Cl2N3O2. The van der Waals surface area contributed by atoms with Crippen LogP contribution in [0.15, 0.2) is 0 Å². The first-order valence-corrected chi connectivity index (χ1v) is 6.54. The lowest BCUT2D eigenvalue weighted by Crippen LogP contribution is -2.49. The van der Waals surface area contributed by atoms with Crippen molar-refractivity contribution in [2.24, 2.45) is 5.92 Å².